The minimum Gasteiger partial charge on any atom is -0.747 e. The molecule has 0 bridgehead atoms. The number of hydrogen-bond acceptors (Lipinski definition) is 7. The molecular formula is C22H39Na3O7S. The maximum absolute atomic E-state index is 11.4. The Balaban J connectivity index is -0.00000140. The van der Waals surface area contributed by atoms with Gasteiger partial charge in [0.05, 0.1) is 5.97 Å². The number of unbranched alkanes of at least 4 members (excludes halogenated alkanes) is 15. The molecule has 33 heavy (non-hydrogen) atoms. The second-order valence-corrected chi connectivity index (χ2v) is 10.0. The zero-order valence-electron chi connectivity index (χ0n) is 21.5. The van der Waals surface area contributed by atoms with Gasteiger partial charge in [-0.05, 0) is 6.42 Å². The van der Waals surface area contributed by atoms with Crippen molar-refractivity contribution >= 4 is 22.1 Å². The van der Waals surface area contributed by atoms with E-state index in [0.29, 0.717) is 6.42 Å². The van der Waals surface area contributed by atoms with Crippen LogP contribution in [0.3, 0.4) is 0 Å². The van der Waals surface area contributed by atoms with E-state index in [9.17, 15) is 32.8 Å². The van der Waals surface area contributed by atoms with Crippen molar-refractivity contribution in [1.29, 1.82) is 0 Å². The van der Waals surface area contributed by atoms with Crippen LogP contribution in [0, 0.1) is 0 Å². The minimum absolute atomic E-state index is 0. The summed E-state index contributed by atoms with van der Waals surface area (Å²) in [7, 11) is -5.37. The molecule has 0 aromatic rings. The third kappa shape index (κ3) is 20.6. The fraction of sp³-hybridized carbons (Fsp3) is 0.909. The zero-order chi connectivity index (χ0) is 22.9. The van der Waals surface area contributed by atoms with Gasteiger partial charge >= 0.3 is 88.7 Å². The third-order valence-electron chi connectivity index (χ3n) is 5.71. The summed E-state index contributed by atoms with van der Waals surface area (Å²) in [4.78, 5) is 21.9. The summed E-state index contributed by atoms with van der Waals surface area (Å²) >= 11 is 0. The molecule has 0 saturated heterocycles. The van der Waals surface area contributed by atoms with Crippen LogP contribution in [0.2, 0.25) is 0 Å². The maximum Gasteiger partial charge on any atom is 1.00 e. The Labute approximate surface area is 267 Å². The molecule has 0 amide bonds. The van der Waals surface area contributed by atoms with Gasteiger partial charge in [0, 0.05) is 12.4 Å². The predicted molar refractivity (Wildman–Crippen MR) is 111 cm³/mol. The molecule has 0 N–H and O–H groups in total. The molecule has 0 radical (unpaired) electrons. The quantitative estimate of drug-likeness (QED) is 0.0841. The van der Waals surface area contributed by atoms with E-state index in [-0.39, 0.29) is 95.1 Å². The van der Waals surface area contributed by atoms with E-state index < -0.39 is 39.6 Å². The van der Waals surface area contributed by atoms with E-state index in [2.05, 4.69) is 6.92 Å². The van der Waals surface area contributed by atoms with Crippen molar-refractivity contribution in [2.24, 2.45) is 0 Å². The van der Waals surface area contributed by atoms with E-state index in [4.69, 9.17) is 0 Å². The van der Waals surface area contributed by atoms with Gasteiger partial charge in [0.15, 0.2) is 0 Å². The molecule has 1 atom stereocenters. The first kappa shape index (κ1) is 42.0. The Hall–Kier alpha value is 1.85. The summed E-state index contributed by atoms with van der Waals surface area (Å²) in [6.07, 6.45) is 15.7. The second-order valence-electron chi connectivity index (χ2n) is 8.34. The van der Waals surface area contributed by atoms with E-state index in [1.165, 1.54) is 64.2 Å². The van der Waals surface area contributed by atoms with Gasteiger partial charge < -0.3 is 24.4 Å². The van der Waals surface area contributed by atoms with Crippen LogP contribution >= 0.6 is 0 Å². The molecule has 178 valence electrons. The molecular weight excluding hydrogens is 477 g/mol. The van der Waals surface area contributed by atoms with Crippen LogP contribution in [0.15, 0.2) is 0 Å². The largest absolute Gasteiger partial charge is 1.00 e. The summed E-state index contributed by atoms with van der Waals surface area (Å²) in [5.41, 5.74) is 0. The molecule has 0 aliphatic heterocycles. The van der Waals surface area contributed by atoms with Crippen LogP contribution in [-0.4, -0.2) is 29.7 Å². The standard InChI is InChI=1S/C22H42O7S.3Na/c1-2-3-4-5-6-7-8-9-10-11-12-13-14-15-16-17-18-22(21(25)26,19-20(23)24)30(27,28)29;;;/h2-19H2,1H3,(H,23,24)(H,25,26)(H,27,28,29);;;/q;3*+1/p-3. The first-order valence-electron chi connectivity index (χ1n) is 11.5. The number of rotatable bonds is 21. The Morgan fingerprint density at radius 1 is 0.636 bits per heavy atom. The van der Waals surface area contributed by atoms with Gasteiger partial charge in [-0.2, -0.15) is 0 Å². The molecule has 0 saturated carbocycles. The number of hydrogen-bond donors (Lipinski definition) is 0. The van der Waals surface area contributed by atoms with Crippen LogP contribution < -0.4 is 98.9 Å². The molecule has 0 spiro atoms. The molecule has 0 rings (SSSR count). The molecule has 0 aromatic heterocycles. The van der Waals surface area contributed by atoms with E-state index in [1.54, 1.807) is 0 Å². The van der Waals surface area contributed by atoms with Gasteiger partial charge in [-0.3, -0.25) is 0 Å². The summed E-state index contributed by atoms with van der Waals surface area (Å²) in [6.45, 7) is 2.23. The summed E-state index contributed by atoms with van der Waals surface area (Å²) < 4.78 is 31.1. The van der Waals surface area contributed by atoms with Crippen molar-refractivity contribution in [3.05, 3.63) is 0 Å². The first-order valence-corrected chi connectivity index (χ1v) is 12.9. The van der Waals surface area contributed by atoms with Crippen LogP contribution in [0.1, 0.15) is 122 Å². The van der Waals surface area contributed by atoms with Gasteiger partial charge in [-0.15, -0.1) is 0 Å². The van der Waals surface area contributed by atoms with Crippen LogP contribution in [0.25, 0.3) is 0 Å². The van der Waals surface area contributed by atoms with Crippen molar-refractivity contribution in [3.8, 4) is 0 Å². The first-order chi connectivity index (χ1) is 14.2. The minimum atomic E-state index is -5.37. The van der Waals surface area contributed by atoms with Crippen LogP contribution in [0.4, 0.5) is 0 Å². The molecule has 0 aliphatic carbocycles. The summed E-state index contributed by atoms with van der Waals surface area (Å²) in [5, 5.41) is 21.9. The van der Waals surface area contributed by atoms with Crippen molar-refractivity contribution in [1.82, 2.24) is 0 Å². The second kappa shape index (κ2) is 25.5. The number of carbonyl (C=O) groups excluding carboxylic acids is 2. The van der Waals surface area contributed by atoms with E-state index in [1.807, 2.05) is 0 Å². The maximum atomic E-state index is 11.4. The average molecular weight is 517 g/mol. The smallest absolute Gasteiger partial charge is 0.747 e. The van der Waals surface area contributed by atoms with Crippen LogP contribution in [0.5, 0.6) is 0 Å². The van der Waals surface area contributed by atoms with Crippen LogP contribution in [-0.2, 0) is 19.7 Å². The zero-order valence-corrected chi connectivity index (χ0v) is 28.3. The molecule has 7 nitrogen and oxygen atoms in total. The Morgan fingerprint density at radius 3 is 1.18 bits per heavy atom. The van der Waals surface area contributed by atoms with Crippen molar-refractivity contribution in [2.45, 2.75) is 127 Å². The monoisotopic (exact) mass is 516 g/mol. The molecule has 0 heterocycles. The van der Waals surface area contributed by atoms with Gasteiger partial charge in [0.1, 0.15) is 14.9 Å². The van der Waals surface area contributed by atoms with Gasteiger partial charge in [0.25, 0.3) is 0 Å². The Morgan fingerprint density at radius 2 is 0.939 bits per heavy atom. The van der Waals surface area contributed by atoms with Crippen molar-refractivity contribution < 1.29 is 121 Å². The SMILES string of the molecule is CCCCCCCCCCCCCCCCCCC(CC(=O)[O-])(C(=O)[O-])S(=O)(=O)[O-].[Na+].[Na+].[Na+]. The Kier molecular flexibility index (Phi) is 32.4. The third-order valence-corrected chi connectivity index (χ3v) is 7.19. The predicted octanol–water partition coefficient (Wildman–Crippen LogP) is -6.18. The van der Waals surface area contributed by atoms with Gasteiger partial charge in [-0.25, -0.2) is 8.42 Å². The normalized spacial score (nSPS) is 12.5. The number of aliphatic carboxylic acids is 2. The topological polar surface area (TPSA) is 137 Å². The van der Waals surface area contributed by atoms with E-state index in [0.717, 1.165) is 25.7 Å². The number of carbonyl (C=O) groups is 2. The molecule has 11 heteroatoms. The number of carboxylic acid groups (broad SMARTS) is 2. The average Bonchev–Trinajstić information content (AvgIpc) is 2.65. The summed E-state index contributed by atoms with van der Waals surface area (Å²) in [5.74, 6) is -4.06. The van der Waals surface area contributed by atoms with Gasteiger partial charge in [0.2, 0.25) is 0 Å². The molecule has 1 unspecified atom stereocenters. The Bertz CT molecular complexity index is 589. The molecule has 0 aromatic carbocycles. The van der Waals surface area contributed by atoms with Gasteiger partial charge in [-0.1, -0.05) is 110 Å². The fourth-order valence-corrected chi connectivity index (χ4v) is 4.66. The summed E-state index contributed by atoms with van der Waals surface area (Å²) in [6, 6.07) is 0. The van der Waals surface area contributed by atoms with Crippen molar-refractivity contribution in [3.63, 3.8) is 0 Å². The number of carboxylic acids is 2. The van der Waals surface area contributed by atoms with E-state index >= 15 is 0 Å². The fourth-order valence-electron chi connectivity index (χ4n) is 3.77. The van der Waals surface area contributed by atoms with Crippen molar-refractivity contribution in [2.75, 3.05) is 0 Å². The molecule has 0 fully saturated rings. The molecule has 0 aliphatic rings.